The van der Waals surface area contributed by atoms with Gasteiger partial charge in [-0.1, -0.05) is 18.1 Å². The van der Waals surface area contributed by atoms with Crippen LogP contribution in [0.2, 0.25) is 0 Å². The van der Waals surface area contributed by atoms with Crippen LogP contribution in [-0.4, -0.2) is 29.1 Å². The molecule has 148 valence electrons. The van der Waals surface area contributed by atoms with Gasteiger partial charge in [0.2, 0.25) is 0 Å². The summed E-state index contributed by atoms with van der Waals surface area (Å²) in [6.07, 6.45) is 6.65. The molecule has 2 aromatic carbocycles. The van der Waals surface area contributed by atoms with Crippen molar-refractivity contribution in [3.8, 4) is 23.8 Å². The van der Waals surface area contributed by atoms with Crippen LogP contribution < -0.4 is 20.7 Å². The molecule has 1 N–H and O–H groups in total. The zero-order valence-electron chi connectivity index (χ0n) is 15.2. The standard InChI is InChI=1S/C20H15Br2N3O4/c1-3-9-29-18-15(28-4-2)10-12(16(21)17(18)22)11-23-25-19(26)13-7-5-6-8-14(13)24-20(25)27/h1,5-8,10-11H,4,9H2,2H3,(H,24,27). The van der Waals surface area contributed by atoms with Crippen molar-refractivity contribution >= 4 is 49.0 Å². The van der Waals surface area contributed by atoms with Gasteiger partial charge >= 0.3 is 5.69 Å². The summed E-state index contributed by atoms with van der Waals surface area (Å²) >= 11 is 6.91. The van der Waals surface area contributed by atoms with E-state index in [0.29, 0.717) is 43.5 Å². The van der Waals surface area contributed by atoms with Crippen LogP contribution in [0.4, 0.5) is 0 Å². The average Bonchev–Trinajstić information content (AvgIpc) is 2.71. The molecule has 3 rings (SSSR count). The number of ether oxygens (including phenoxy) is 2. The van der Waals surface area contributed by atoms with Crippen LogP contribution in [-0.2, 0) is 0 Å². The second-order valence-corrected chi connectivity index (χ2v) is 7.27. The first-order chi connectivity index (χ1) is 14.0. The van der Waals surface area contributed by atoms with E-state index < -0.39 is 11.2 Å². The molecule has 0 bridgehead atoms. The molecule has 1 heterocycles. The zero-order chi connectivity index (χ0) is 21.0. The van der Waals surface area contributed by atoms with Gasteiger partial charge in [0.05, 0.1) is 28.2 Å². The highest BCUT2D eigenvalue weighted by Gasteiger charge is 2.17. The minimum absolute atomic E-state index is 0.0699. The van der Waals surface area contributed by atoms with Crippen molar-refractivity contribution in [2.24, 2.45) is 5.10 Å². The molecule has 7 nitrogen and oxygen atoms in total. The Balaban J connectivity index is 2.10. The molecular weight excluding hydrogens is 506 g/mol. The van der Waals surface area contributed by atoms with Gasteiger partial charge in [0.25, 0.3) is 5.56 Å². The molecule has 0 atom stereocenters. The second-order valence-electron chi connectivity index (χ2n) is 5.68. The number of aromatic nitrogens is 2. The minimum Gasteiger partial charge on any atom is -0.490 e. The number of para-hydroxylation sites is 1. The Bertz CT molecular complexity index is 1260. The third kappa shape index (κ3) is 4.28. The Morgan fingerprint density at radius 3 is 2.72 bits per heavy atom. The number of nitrogens with zero attached hydrogens (tertiary/aromatic N) is 2. The lowest BCUT2D eigenvalue weighted by Gasteiger charge is -2.15. The Morgan fingerprint density at radius 2 is 2.00 bits per heavy atom. The van der Waals surface area contributed by atoms with Crippen molar-refractivity contribution in [3.63, 3.8) is 0 Å². The van der Waals surface area contributed by atoms with E-state index in [1.165, 1.54) is 6.21 Å². The molecule has 9 heteroatoms. The van der Waals surface area contributed by atoms with E-state index in [0.717, 1.165) is 4.68 Å². The van der Waals surface area contributed by atoms with Crippen LogP contribution in [0, 0.1) is 12.3 Å². The van der Waals surface area contributed by atoms with Gasteiger partial charge in [0, 0.05) is 10.0 Å². The molecule has 0 fully saturated rings. The van der Waals surface area contributed by atoms with Crippen molar-refractivity contribution in [1.82, 2.24) is 9.66 Å². The van der Waals surface area contributed by atoms with Gasteiger partial charge in [-0.2, -0.15) is 5.10 Å². The molecule has 0 aliphatic heterocycles. The summed E-state index contributed by atoms with van der Waals surface area (Å²) in [6.45, 7) is 2.31. The Hall–Kier alpha value is -2.83. The fourth-order valence-corrected chi connectivity index (χ4v) is 3.52. The third-order valence-electron chi connectivity index (χ3n) is 3.85. The summed E-state index contributed by atoms with van der Waals surface area (Å²) in [4.78, 5) is 27.5. The number of nitrogens with one attached hydrogen (secondary N) is 1. The van der Waals surface area contributed by atoms with Crippen LogP contribution in [0.5, 0.6) is 11.5 Å². The van der Waals surface area contributed by atoms with Gasteiger partial charge in [-0.25, -0.2) is 4.79 Å². The van der Waals surface area contributed by atoms with E-state index in [2.05, 4.69) is 47.9 Å². The number of hydrogen-bond donors (Lipinski definition) is 1. The molecule has 0 saturated carbocycles. The number of hydrogen-bond acceptors (Lipinski definition) is 5. The van der Waals surface area contributed by atoms with Gasteiger partial charge in [-0.05, 0) is 57.0 Å². The highest BCUT2D eigenvalue weighted by molar-refractivity contribution is 9.13. The van der Waals surface area contributed by atoms with Gasteiger partial charge in [0.1, 0.15) is 6.61 Å². The summed E-state index contributed by atoms with van der Waals surface area (Å²) in [6, 6.07) is 8.40. The molecule has 0 radical (unpaired) electrons. The molecule has 3 aromatic rings. The van der Waals surface area contributed by atoms with Gasteiger partial charge in [-0.3, -0.25) is 4.79 Å². The second kappa shape index (κ2) is 9.11. The number of fused-ring (bicyclic) bond motifs is 1. The Morgan fingerprint density at radius 1 is 1.24 bits per heavy atom. The lowest BCUT2D eigenvalue weighted by Crippen LogP contribution is -2.32. The highest BCUT2D eigenvalue weighted by atomic mass is 79.9. The summed E-state index contributed by atoms with van der Waals surface area (Å²) in [5.41, 5.74) is -0.145. The van der Waals surface area contributed by atoms with Crippen LogP contribution in [0.3, 0.4) is 0 Å². The zero-order valence-corrected chi connectivity index (χ0v) is 18.4. The van der Waals surface area contributed by atoms with E-state index in [1.54, 1.807) is 30.3 Å². The fourth-order valence-electron chi connectivity index (χ4n) is 2.59. The minimum atomic E-state index is -0.640. The first-order valence-corrected chi connectivity index (χ1v) is 10.1. The maximum atomic E-state index is 12.6. The summed E-state index contributed by atoms with van der Waals surface area (Å²) in [5, 5.41) is 4.44. The Kier molecular flexibility index (Phi) is 6.56. The average molecular weight is 521 g/mol. The monoisotopic (exact) mass is 519 g/mol. The molecule has 0 unspecified atom stereocenters. The molecule has 0 amide bonds. The van der Waals surface area contributed by atoms with Crippen molar-refractivity contribution in [2.45, 2.75) is 6.92 Å². The summed E-state index contributed by atoms with van der Waals surface area (Å²) in [5.74, 6) is 3.29. The molecule has 0 aliphatic rings. The molecule has 0 spiro atoms. The maximum Gasteiger partial charge on any atom is 0.349 e. The Labute approximate surface area is 182 Å². The molecule has 0 saturated heterocycles. The number of aromatic amines is 1. The van der Waals surface area contributed by atoms with E-state index in [-0.39, 0.29) is 6.61 Å². The smallest absolute Gasteiger partial charge is 0.349 e. The van der Waals surface area contributed by atoms with Gasteiger partial charge < -0.3 is 14.5 Å². The van der Waals surface area contributed by atoms with Gasteiger partial charge in [-0.15, -0.1) is 11.1 Å². The topological polar surface area (TPSA) is 85.7 Å². The normalized spacial score (nSPS) is 11.0. The number of benzene rings is 2. The van der Waals surface area contributed by atoms with Crippen molar-refractivity contribution in [1.29, 1.82) is 0 Å². The van der Waals surface area contributed by atoms with Crippen LogP contribution in [0.1, 0.15) is 12.5 Å². The van der Waals surface area contributed by atoms with E-state index >= 15 is 0 Å². The van der Waals surface area contributed by atoms with Gasteiger partial charge in [0.15, 0.2) is 11.5 Å². The molecule has 0 aliphatic carbocycles. The first kappa shape index (κ1) is 20.9. The third-order valence-corrected chi connectivity index (χ3v) is 5.99. The predicted molar refractivity (Wildman–Crippen MR) is 119 cm³/mol. The van der Waals surface area contributed by atoms with Crippen LogP contribution >= 0.6 is 31.9 Å². The SMILES string of the molecule is C#CCOc1c(OCC)cc(C=Nn2c(=O)[nH]c3ccccc3c2=O)c(Br)c1Br. The maximum absolute atomic E-state index is 12.6. The predicted octanol–water partition coefficient (Wildman–Crippen LogP) is 3.51. The fraction of sp³-hybridized carbons (Fsp3) is 0.150. The summed E-state index contributed by atoms with van der Waals surface area (Å²) < 4.78 is 13.1. The van der Waals surface area contributed by atoms with E-state index in [4.69, 9.17) is 15.9 Å². The van der Waals surface area contributed by atoms with Crippen molar-refractivity contribution < 1.29 is 9.47 Å². The lowest BCUT2D eigenvalue weighted by molar-refractivity contribution is 0.297. The first-order valence-electron chi connectivity index (χ1n) is 8.47. The molecule has 29 heavy (non-hydrogen) atoms. The lowest BCUT2D eigenvalue weighted by atomic mass is 10.2. The molecular formula is C20H15Br2N3O4. The number of H-pyrrole nitrogens is 1. The number of terminal acetylenes is 1. The van der Waals surface area contributed by atoms with Crippen molar-refractivity contribution in [2.75, 3.05) is 13.2 Å². The quantitative estimate of drug-likeness (QED) is 0.398. The largest absolute Gasteiger partial charge is 0.490 e. The number of halogens is 2. The van der Waals surface area contributed by atoms with E-state index in [9.17, 15) is 9.59 Å². The van der Waals surface area contributed by atoms with E-state index in [1.807, 2.05) is 6.92 Å². The van der Waals surface area contributed by atoms with Crippen LogP contribution in [0.25, 0.3) is 10.9 Å². The number of rotatable bonds is 6. The van der Waals surface area contributed by atoms with Crippen LogP contribution in [0.15, 0.2) is 54.0 Å². The molecule has 1 aromatic heterocycles. The highest BCUT2D eigenvalue weighted by Crippen LogP contribution is 2.42. The van der Waals surface area contributed by atoms with Crippen molar-refractivity contribution in [3.05, 3.63) is 65.7 Å². The summed E-state index contributed by atoms with van der Waals surface area (Å²) in [7, 11) is 0.